The smallest absolute Gasteiger partial charge is 0.00362 e. The minimum absolute atomic E-state index is 0.689. The second kappa shape index (κ2) is 7.60. The Hall–Kier alpha value is -0.0400. The maximum atomic E-state index is 3.54. The van der Waals surface area contributed by atoms with E-state index in [1.807, 2.05) is 0 Å². The molecule has 0 bridgehead atoms. The number of unbranched alkanes of at least 4 members (excludes halogenated alkanes) is 1. The lowest BCUT2D eigenvalue weighted by molar-refractivity contribution is 0.425. The standard InChI is InChI=1S/C11H25N/c1-5-7-8-10(3)9-12-11(4)6-2/h10-12H,5-9H2,1-4H3/t10?,11-/m1/s1. The van der Waals surface area contributed by atoms with Gasteiger partial charge in [0.1, 0.15) is 0 Å². The van der Waals surface area contributed by atoms with Crippen LogP contribution in [0.3, 0.4) is 0 Å². The second-order valence-electron chi connectivity index (χ2n) is 3.96. The van der Waals surface area contributed by atoms with Crippen molar-refractivity contribution in [3.05, 3.63) is 0 Å². The largest absolute Gasteiger partial charge is 0.314 e. The van der Waals surface area contributed by atoms with E-state index < -0.39 is 0 Å². The van der Waals surface area contributed by atoms with Gasteiger partial charge in [-0.2, -0.15) is 0 Å². The summed E-state index contributed by atoms with van der Waals surface area (Å²) in [6.45, 7) is 10.3. The molecule has 0 spiro atoms. The molecule has 0 heterocycles. The van der Waals surface area contributed by atoms with Crippen LogP contribution in [-0.2, 0) is 0 Å². The lowest BCUT2D eigenvalue weighted by atomic mass is 10.0. The van der Waals surface area contributed by atoms with Crippen LogP contribution < -0.4 is 5.32 Å². The zero-order valence-electron chi connectivity index (χ0n) is 9.19. The molecule has 2 atom stereocenters. The maximum absolute atomic E-state index is 3.54. The fourth-order valence-electron chi connectivity index (χ4n) is 1.20. The topological polar surface area (TPSA) is 12.0 Å². The van der Waals surface area contributed by atoms with Crippen LogP contribution in [0.25, 0.3) is 0 Å². The Labute approximate surface area is 77.9 Å². The van der Waals surface area contributed by atoms with Gasteiger partial charge in [-0.1, -0.05) is 33.6 Å². The van der Waals surface area contributed by atoms with Crippen LogP contribution in [0, 0.1) is 5.92 Å². The minimum Gasteiger partial charge on any atom is -0.314 e. The van der Waals surface area contributed by atoms with Crippen molar-refractivity contribution in [3.8, 4) is 0 Å². The first-order valence-electron chi connectivity index (χ1n) is 5.44. The highest BCUT2D eigenvalue weighted by molar-refractivity contribution is 4.61. The third-order valence-corrected chi connectivity index (χ3v) is 2.48. The van der Waals surface area contributed by atoms with Crippen LogP contribution in [0.2, 0.25) is 0 Å². The monoisotopic (exact) mass is 171 g/mol. The van der Waals surface area contributed by atoms with Crippen molar-refractivity contribution in [1.82, 2.24) is 5.32 Å². The van der Waals surface area contributed by atoms with Crippen molar-refractivity contribution in [2.24, 2.45) is 5.92 Å². The SMILES string of the molecule is CCCCC(C)CN[C@H](C)CC. The van der Waals surface area contributed by atoms with Gasteiger partial charge in [0, 0.05) is 6.04 Å². The van der Waals surface area contributed by atoms with E-state index in [-0.39, 0.29) is 0 Å². The molecule has 0 saturated heterocycles. The van der Waals surface area contributed by atoms with E-state index >= 15 is 0 Å². The van der Waals surface area contributed by atoms with Crippen molar-refractivity contribution in [3.63, 3.8) is 0 Å². The molecule has 0 aromatic rings. The summed E-state index contributed by atoms with van der Waals surface area (Å²) >= 11 is 0. The fraction of sp³-hybridized carbons (Fsp3) is 1.00. The average molecular weight is 171 g/mol. The van der Waals surface area contributed by atoms with Crippen LogP contribution in [-0.4, -0.2) is 12.6 Å². The van der Waals surface area contributed by atoms with Gasteiger partial charge >= 0.3 is 0 Å². The number of nitrogens with one attached hydrogen (secondary N) is 1. The first-order chi connectivity index (χ1) is 5.70. The maximum Gasteiger partial charge on any atom is 0.00362 e. The highest BCUT2D eigenvalue weighted by atomic mass is 14.9. The third kappa shape index (κ3) is 6.66. The molecule has 0 fully saturated rings. The number of hydrogen-bond acceptors (Lipinski definition) is 1. The van der Waals surface area contributed by atoms with Gasteiger partial charge < -0.3 is 5.32 Å². The summed E-state index contributed by atoms with van der Waals surface area (Å²) in [7, 11) is 0. The average Bonchev–Trinajstić information content (AvgIpc) is 2.10. The molecule has 1 heteroatoms. The number of rotatable bonds is 7. The summed E-state index contributed by atoms with van der Waals surface area (Å²) in [6.07, 6.45) is 5.32. The molecular weight excluding hydrogens is 146 g/mol. The lowest BCUT2D eigenvalue weighted by Gasteiger charge is -2.15. The van der Waals surface area contributed by atoms with Crippen LogP contribution >= 0.6 is 0 Å². The van der Waals surface area contributed by atoms with Crippen molar-refractivity contribution in [2.75, 3.05) is 6.54 Å². The van der Waals surface area contributed by atoms with Gasteiger partial charge in [0.2, 0.25) is 0 Å². The first kappa shape index (κ1) is 12.0. The normalized spacial score (nSPS) is 16.0. The Bertz CT molecular complexity index is 91.0. The summed E-state index contributed by atoms with van der Waals surface area (Å²) in [6, 6.07) is 0.689. The molecule has 1 unspecified atom stereocenters. The van der Waals surface area contributed by atoms with Crippen LogP contribution in [0.5, 0.6) is 0 Å². The Morgan fingerprint density at radius 3 is 2.33 bits per heavy atom. The van der Waals surface area contributed by atoms with E-state index in [1.165, 1.54) is 32.2 Å². The molecule has 0 aromatic heterocycles. The molecule has 12 heavy (non-hydrogen) atoms. The van der Waals surface area contributed by atoms with Gasteiger partial charge in [0.25, 0.3) is 0 Å². The van der Waals surface area contributed by atoms with Crippen LogP contribution in [0.1, 0.15) is 53.4 Å². The summed E-state index contributed by atoms with van der Waals surface area (Å²) < 4.78 is 0. The van der Waals surface area contributed by atoms with Gasteiger partial charge in [0.05, 0.1) is 0 Å². The lowest BCUT2D eigenvalue weighted by Crippen LogP contribution is -2.29. The van der Waals surface area contributed by atoms with Crippen molar-refractivity contribution < 1.29 is 0 Å². The third-order valence-electron chi connectivity index (χ3n) is 2.48. The Kier molecular flexibility index (Phi) is 7.58. The van der Waals surface area contributed by atoms with Crippen LogP contribution in [0.15, 0.2) is 0 Å². The Balaban J connectivity index is 3.24. The van der Waals surface area contributed by atoms with E-state index in [0.29, 0.717) is 6.04 Å². The van der Waals surface area contributed by atoms with Crippen molar-refractivity contribution >= 4 is 0 Å². The van der Waals surface area contributed by atoms with Gasteiger partial charge in [-0.15, -0.1) is 0 Å². The molecule has 1 N–H and O–H groups in total. The van der Waals surface area contributed by atoms with Gasteiger partial charge in [-0.05, 0) is 32.2 Å². The Morgan fingerprint density at radius 1 is 1.17 bits per heavy atom. The van der Waals surface area contributed by atoms with Gasteiger partial charge in [0.15, 0.2) is 0 Å². The molecule has 0 aliphatic heterocycles. The van der Waals surface area contributed by atoms with E-state index in [9.17, 15) is 0 Å². The molecule has 0 amide bonds. The Morgan fingerprint density at radius 2 is 1.83 bits per heavy atom. The second-order valence-corrected chi connectivity index (χ2v) is 3.96. The van der Waals surface area contributed by atoms with Crippen LogP contribution in [0.4, 0.5) is 0 Å². The fourth-order valence-corrected chi connectivity index (χ4v) is 1.20. The van der Waals surface area contributed by atoms with E-state index in [0.717, 1.165) is 5.92 Å². The molecule has 74 valence electrons. The zero-order valence-corrected chi connectivity index (χ0v) is 9.19. The number of hydrogen-bond donors (Lipinski definition) is 1. The molecule has 0 aliphatic carbocycles. The molecule has 0 rings (SSSR count). The predicted octanol–water partition coefficient (Wildman–Crippen LogP) is 3.20. The summed E-state index contributed by atoms with van der Waals surface area (Å²) in [5, 5.41) is 3.54. The highest BCUT2D eigenvalue weighted by Gasteiger charge is 2.02. The molecule has 0 aromatic carbocycles. The van der Waals surface area contributed by atoms with E-state index in [2.05, 4.69) is 33.0 Å². The summed E-state index contributed by atoms with van der Waals surface area (Å²) in [5.41, 5.74) is 0. The molecule has 0 radical (unpaired) electrons. The zero-order chi connectivity index (χ0) is 9.40. The molecule has 0 saturated carbocycles. The predicted molar refractivity (Wildman–Crippen MR) is 56.4 cm³/mol. The first-order valence-corrected chi connectivity index (χ1v) is 5.44. The minimum atomic E-state index is 0.689. The van der Waals surface area contributed by atoms with E-state index in [4.69, 9.17) is 0 Å². The van der Waals surface area contributed by atoms with E-state index in [1.54, 1.807) is 0 Å². The van der Waals surface area contributed by atoms with Crippen molar-refractivity contribution in [2.45, 2.75) is 59.4 Å². The van der Waals surface area contributed by atoms with Gasteiger partial charge in [-0.3, -0.25) is 0 Å². The summed E-state index contributed by atoms with van der Waals surface area (Å²) in [5.74, 6) is 0.846. The molecule has 0 aliphatic rings. The molecular formula is C11H25N. The highest BCUT2D eigenvalue weighted by Crippen LogP contribution is 2.06. The molecule has 1 nitrogen and oxygen atoms in total. The summed E-state index contributed by atoms with van der Waals surface area (Å²) in [4.78, 5) is 0. The van der Waals surface area contributed by atoms with Crippen molar-refractivity contribution in [1.29, 1.82) is 0 Å². The van der Waals surface area contributed by atoms with Gasteiger partial charge in [-0.25, -0.2) is 0 Å². The quantitative estimate of drug-likeness (QED) is 0.620.